The van der Waals surface area contributed by atoms with E-state index in [4.69, 9.17) is 21.2 Å². The predicted molar refractivity (Wildman–Crippen MR) is 92.2 cm³/mol. The summed E-state index contributed by atoms with van der Waals surface area (Å²) in [6, 6.07) is 7.99. The molecule has 0 aliphatic rings. The molecule has 0 fully saturated rings. The van der Waals surface area contributed by atoms with Crippen LogP contribution < -0.4 is 9.47 Å². The molecule has 0 amide bonds. The van der Waals surface area contributed by atoms with Crippen molar-refractivity contribution in [1.29, 1.82) is 0 Å². The van der Waals surface area contributed by atoms with E-state index in [0.717, 1.165) is 5.65 Å². The zero-order valence-electron chi connectivity index (χ0n) is 13.6. The largest absolute Gasteiger partial charge is 0.493 e. The van der Waals surface area contributed by atoms with Gasteiger partial charge in [-0.3, -0.25) is 0 Å². The van der Waals surface area contributed by atoms with Gasteiger partial charge in [0.2, 0.25) is 0 Å². The van der Waals surface area contributed by atoms with Crippen molar-refractivity contribution in [2.75, 3.05) is 7.11 Å². The van der Waals surface area contributed by atoms with Gasteiger partial charge >= 0.3 is 6.61 Å². The normalized spacial score (nSPS) is 11.4. The second kappa shape index (κ2) is 8.01. The van der Waals surface area contributed by atoms with Crippen molar-refractivity contribution in [3.05, 3.63) is 59.0 Å². The molecule has 1 aromatic carbocycles. The third-order valence-corrected chi connectivity index (χ3v) is 3.58. The van der Waals surface area contributed by atoms with Gasteiger partial charge in [0.25, 0.3) is 0 Å². The van der Waals surface area contributed by atoms with E-state index in [9.17, 15) is 8.78 Å². The van der Waals surface area contributed by atoms with E-state index in [1.165, 1.54) is 25.5 Å². The smallest absolute Gasteiger partial charge is 0.387 e. The van der Waals surface area contributed by atoms with Crippen LogP contribution in [0.15, 0.2) is 47.9 Å². The fourth-order valence-electron chi connectivity index (χ4n) is 2.25. The van der Waals surface area contributed by atoms with E-state index in [1.807, 2.05) is 0 Å². The number of ether oxygens (including phenoxy) is 2. The predicted octanol–water partition coefficient (Wildman–Crippen LogP) is 4.15. The van der Waals surface area contributed by atoms with E-state index in [2.05, 4.69) is 14.9 Å². The summed E-state index contributed by atoms with van der Waals surface area (Å²) in [6.07, 6.45) is 4.96. The van der Waals surface area contributed by atoms with Crippen molar-refractivity contribution >= 4 is 23.5 Å². The lowest BCUT2D eigenvalue weighted by Crippen LogP contribution is -2.03. The summed E-state index contributed by atoms with van der Waals surface area (Å²) in [7, 11) is 1.36. The molecule has 2 aromatic heterocycles. The first kappa shape index (κ1) is 17.9. The number of halogens is 3. The molecule has 0 bridgehead atoms. The number of pyridine rings is 1. The van der Waals surface area contributed by atoms with Crippen LogP contribution in [0, 0.1) is 0 Å². The van der Waals surface area contributed by atoms with Gasteiger partial charge in [-0.25, -0.2) is 4.98 Å². The van der Waals surface area contributed by atoms with Crippen LogP contribution in [0.25, 0.3) is 5.65 Å². The van der Waals surface area contributed by atoms with Gasteiger partial charge in [-0.05, 0) is 30.3 Å². The molecule has 136 valence electrons. The van der Waals surface area contributed by atoms with Gasteiger partial charge in [0, 0.05) is 18.0 Å². The number of hydrogen-bond donors (Lipinski definition) is 0. The number of imidazole rings is 1. The summed E-state index contributed by atoms with van der Waals surface area (Å²) in [6.45, 7) is -2.76. The number of aromatic nitrogens is 2. The van der Waals surface area contributed by atoms with Gasteiger partial charge in [-0.15, -0.1) is 0 Å². The number of oxime groups is 1. The summed E-state index contributed by atoms with van der Waals surface area (Å²) in [4.78, 5) is 9.58. The van der Waals surface area contributed by atoms with E-state index >= 15 is 0 Å². The first-order valence-corrected chi connectivity index (χ1v) is 7.84. The summed E-state index contributed by atoms with van der Waals surface area (Å²) < 4.78 is 35.8. The maximum absolute atomic E-state index is 12.3. The third-order valence-electron chi connectivity index (χ3n) is 3.36. The third kappa shape index (κ3) is 4.40. The van der Waals surface area contributed by atoms with Crippen molar-refractivity contribution in [3.63, 3.8) is 0 Å². The van der Waals surface area contributed by atoms with E-state index in [1.54, 1.807) is 35.0 Å². The maximum Gasteiger partial charge on any atom is 0.387 e. The summed E-state index contributed by atoms with van der Waals surface area (Å²) in [5.74, 6) is 0.121. The lowest BCUT2D eigenvalue weighted by Gasteiger charge is -2.09. The molecular formula is C17H14ClF2N3O3. The average molecular weight is 382 g/mol. The SMILES string of the molecule is COc1cc(/C=N/OCc2cn3cc(Cl)ccc3n2)ccc1OC(F)F. The molecule has 2 heterocycles. The molecule has 0 spiro atoms. The fraction of sp³-hybridized carbons (Fsp3) is 0.176. The second-order valence-corrected chi connectivity index (χ2v) is 5.58. The van der Waals surface area contributed by atoms with E-state index < -0.39 is 6.61 Å². The van der Waals surface area contributed by atoms with Gasteiger partial charge in [0.1, 0.15) is 5.65 Å². The van der Waals surface area contributed by atoms with Gasteiger partial charge in [-0.2, -0.15) is 8.78 Å². The number of rotatable bonds is 7. The Bertz CT molecular complexity index is 931. The van der Waals surface area contributed by atoms with Crippen LogP contribution in [0.3, 0.4) is 0 Å². The monoisotopic (exact) mass is 381 g/mol. The lowest BCUT2D eigenvalue weighted by molar-refractivity contribution is -0.0512. The topological polar surface area (TPSA) is 57.4 Å². The van der Waals surface area contributed by atoms with Crippen molar-refractivity contribution in [2.24, 2.45) is 5.16 Å². The van der Waals surface area contributed by atoms with E-state index in [-0.39, 0.29) is 18.1 Å². The second-order valence-electron chi connectivity index (χ2n) is 5.14. The van der Waals surface area contributed by atoms with Crippen LogP contribution in [0.4, 0.5) is 8.78 Å². The molecule has 0 saturated heterocycles. The molecule has 6 nitrogen and oxygen atoms in total. The molecule has 0 radical (unpaired) electrons. The van der Waals surface area contributed by atoms with Crippen LogP contribution in [0.1, 0.15) is 11.3 Å². The molecule has 3 rings (SSSR count). The quantitative estimate of drug-likeness (QED) is 0.455. The summed E-state index contributed by atoms with van der Waals surface area (Å²) in [5.41, 5.74) is 2.03. The molecule has 26 heavy (non-hydrogen) atoms. The maximum atomic E-state index is 12.3. The molecule has 0 aliphatic heterocycles. The molecule has 3 aromatic rings. The molecule has 0 aliphatic carbocycles. The number of alkyl halides is 2. The van der Waals surface area contributed by atoms with Crippen LogP contribution in [-0.4, -0.2) is 29.3 Å². The first-order chi connectivity index (χ1) is 12.5. The number of nitrogens with zero attached hydrogens (tertiary/aromatic N) is 3. The minimum absolute atomic E-state index is 0.0519. The van der Waals surface area contributed by atoms with Gasteiger partial charge in [0.05, 0.1) is 24.0 Å². The Balaban J connectivity index is 1.62. The molecule has 0 atom stereocenters. The van der Waals surface area contributed by atoms with Gasteiger partial charge < -0.3 is 18.7 Å². The van der Waals surface area contributed by atoms with Crippen molar-refractivity contribution in [3.8, 4) is 11.5 Å². The van der Waals surface area contributed by atoms with Gasteiger partial charge in [0.15, 0.2) is 18.1 Å². The minimum Gasteiger partial charge on any atom is -0.493 e. The highest BCUT2D eigenvalue weighted by Crippen LogP contribution is 2.28. The Morgan fingerprint density at radius 2 is 2.08 bits per heavy atom. The zero-order chi connectivity index (χ0) is 18.5. The highest BCUT2D eigenvalue weighted by Gasteiger charge is 2.10. The standard InChI is InChI=1S/C17H14ClF2N3O3/c1-24-15-6-11(2-4-14(15)26-17(19)20)7-21-25-10-13-9-23-8-12(18)3-5-16(23)22-13/h2-9,17H,10H2,1H3/b21-7+. The highest BCUT2D eigenvalue weighted by molar-refractivity contribution is 6.30. The number of hydrogen-bond acceptors (Lipinski definition) is 5. The number of benzene rings is 1. The zero-order valence-corrected chi connectivity index (χ0v) is 14.4. The van der Waals surface area contributed by atoms with Crippen molar-refractivity contribution in [2.45, 2.75) is 13.2 Å². The Morgan fingerprint density at radius 1 is 1.23 bits per heavy atom. The van der Waals surface area contributed by atoms with Gasteiger partial charge in [-0.1, -0.05) is 16.8 Å². The summed E-state index contributed by atoms with van der Waals surface area (Å²) >= 11 is 5.92. The number of methoxy groups -OCH3 is 1. The first-order valence-electron chi connectivity index (χ1n) is 7.46. The Morgan fingerprint density at radius 3 is 2.85 bits per heavy atom. The molecular weight excluding hydrogens is 368 g/mol. The van der Waals surface area contributed by atoms with Crippen LogP contribution in [0.2, 0.25) is 5.02 Å². The fourth-order valence-corrected chi connectivity index (χ4v) is 2.41. The molecule has 0 saturated carbocycles. The Kier molecular flexibility index (Phi) is 5.52. The Hall–Kier alpha value is -2.87. The van der Waals surface area contributed by atoms with Crippen LogP contribution >= 0.6 is 11.6 Å². The molecule has 9 heteroatoms. The average Bonchev–Trinajstić information content (AvgIpc) is 3.01. The Labute approximate surface area is 152 Å². The molecule has 0 N–H and O–H groups in total. The highest BCUT2D eigenvalue weighted by atomic mass is 35.5. The lowest BCUT2D eigenvalue weighted by atomic mass is 10.2. The van der Waals surface area contributed by atoms with E-state index in [0.29, 0.717) is 16.3 Å². The van der Waals surface area contributed by atoms with Crippen molar-refractivity contribution in [1.82, 2.24) is 9.38 Å². The van der Waals surface area contributed by atoms with Crippen LogP contribution in [-0.2, 0) is 11.4 Å². The summed E-state index contributed by atoms with van der Waals surface area (Å²) in [5, 5.41) is 4.45. The number of fused-ring (bicyclic) bond motifs is 1. The van der Waals surface area contributed by atoms with Crippen molar-refractivity contribution < 1.29 is 23.1 Å². The van der Waals surface area contributed by atoms with Crippen LogP contribution in [0.5, 0.6) is 11.5 Å². The molecule has 0 unspecified atom stereocenters. The minimum atomic E-state index is -2.92.